The minimum Gasteiger partial charge on any atom is -0.354 e. The molecule has 1 aromatic carbocycles. The molecule has 1 aliphatic rings. The van der Waals surface area contributed by atoms with Crippen LogP contribution in [-0.4, -0.2) is 31.4 Å². The van der Waals surface area contributed by atoms with Crippen LogP contribution in [0.1, 0.15) is 44.7 Å². The van der Waals surface area contributed by atoms with Gasteiger partial charge in [0.2, 0.25) is 11.8 Å². The van der Waals surface area contributed by atoms with Gasteiger partial charge >= 0.3 is 0 Å². The number of benzene rings is 1. The van der Waals surface area contributed by atoms with E-state index in [2.05, 4.69) is 16.0 Å². The first-order valence-electron chi connectivity index (χ1n) is 8.89. The Kier molecular flexibility index (Phi) is 7.25. The monoisotopic (exact) mass is 331 g/mol. The molecule has 5 heteroatoms. The van der Waals surface area contributed by atoms with Gasteiger partial charge in [0.25, 0.3) is 0 Å². The maximum Gasteiger partial charge on any atom is 0.247 e. The predicted octanol–water partition coefficient (Wildman–Crippen LogP) is 2.01. The first-order valence-corrected chi connectivity index (χ1v) is 8.89. The highest BCUT2D eigenvalue weighted by molar-refractivity contribution is 5.88. The summed E-state index contributed by atoms with van der Waals surface area (Å²) in [6.45, 7) is 6.63. The van der Waals surface area contributed by atoms with E-state index in [1.807, 2.05) is 44.2 Å². The second-order valence-electron chi connectivity index (χ2n) is 6.97. The standard InChI is InChI=1S/C19H29N3O2/c1-14(2)11-17(23)22-18(16-8-4-3-5-9-16)19(24)21-13-15-7-6-10-20-12-15/h3-5,8-9,14-15,18,20H,6-7,10-13H2,1-2H3,(H,21,24)(H,22,23). The van der Waals surface area contributed by atoms with Crippen molar-refractivity contribution in [2.75, 3.05) is 19.6 Å². The molecule has 5 nitrogen and oxygen atoms in total. The van der Waals surface area contributed by atoms with Crippen LogP contribution in [0.5, 0.6) is 0 Å². The van der Waals surface area contributed by atoms with Crippen LogP contribution in [0.25, 0.3) is 0 Å². The summed E-state index contributed by atoms with van der Waals surface area (Å²) in [5.41, 5.74) is 0.814. The molecule has 1 fully saturated rings. The SMILES string of the molecule is CC(C)CC(=O)NC(C(=O)NCC1CCCNC1)c1ccccc1. The van der Waals surface area contributed by atoms with Crippen LogP contribution in [0.4, 0.5) is 0 Å². The molecule has 1 heterocycles. The molecule has 2 atom stereocenters. The molecule has 0 spiro atoms. The zero-order chi connectivity index (χ0) is 17.4. The molecule has 24 heavy (non-hydrogen) atoms. The van der Waals surface area contributed by atoms with Crippen molar-refractivity contribution in [3.8, 4) is 0 Å². The van der Waals surface area contributed by atoms with Crippen LogP contribution in [0.15, 0.2) is 30.3 Å². The zero-order valence-corrected chi connectivity index (χ0v) is 14.7. The van der Waals surface area contributed by atoms with Crippen molar-refractivity contribution < 1.29 is 9.59 Å². The third-order valence-electron chi connectivity index (χ3n) is 4.26. The average Bonchev–Trinajstić information content (AvgIpc) is 2.58. The normalized spacial score (nSPS) is 18.9. The topological polar surface area (TPSA) is 70.2 Å². The van der Waals surface area contributed by atoms with E-state index in [0.717, 1.165) is 31.5 Å². The fraction of sp³-hybridized carbons (Fsp3) is 0.579. The van der Waals surface area contributed by atoms with Crippen molar-refractivity contribution in [3.05, 3.63) is 35.9 Å². The quantitative estimate of drug-likeness (QED) is 0.716. The minimum atomic E-state index is -0.631. The molecular formula is C19H29N3O2. The van der Waals surface area contributed by atoms with Crippen molar-refractivity contribution in [1.29, 1.82) is 0 Å². The Hall–Kier alpha value is -1.88. The van der Waals surface area contributed by atoms with Crippen LogP contribution in [0.3, 0.4) is 0 Å². The lowest BCUT2D eigenvalue weighted by molar-refractivity contribution is -0.129. The van der Waals surface area contributed by atoms with Crippen molar-refractivity contribution in [3.63, 3.8) is 0 Å². The largest absolute Gasteiger partial charge is 0.354 e. The third kappa shape index (κ3) is 5.96. The number of piperidine rings is 1. The van der Waals surface area contributed by atoms with Crippen LogP contribution in [0, 0.1) is 11.8 Å². The Morgan fingerprint density at radius 1 is 1.25 bits per heavy atom. The molecule has 3 N–H and O–H groups in total. The molecule has 2 rings (SSSR count). The van der Waals surface area contributed by atoms with E-state index in [0.29, 0.717) is 18.9 Å². The van der Waals surface area contributed by atoms with Gasteiger partial charge in [0.15, 0.2) is 0 Å². The highest BCUT2D eigenvalue weighted by atomic mass is 16.2. The van der Waals surface area contributed by atoms with E-state index in [1.165, 1.54) is 0 Å². The smallest absolute Gasteiger partial charge is 0.247 e. The van der Waals surface area contributed by atoms with Gasteiger partial charge in [-0.25, -0.2) is 0 Å². The Morgan fingerprint density at radius 3 is 2.62 bits per heavy atom. The van der Waals surface area contributed by atoms with Crippen LogP contribution in [0.2, 0.25) is 0 Å². The summed E-state index contributed by atoms with van der Waals surface area (Å²) in [7, 11) is 0. The van der Waals surface area contributed by atoms with Crippen molar-refractivity contribution in [2.45, 2.75) is 39.2 Å². The molecule has 0 aliphatic carbocycles. The number of nitrogens with one attached hydrogen (secondary N) is 3. The fourth-order valence-electron chi connectivity index (χ4n) is 2.98. The molecule has 1 aromatic rings. The third-order valence-corrected chi connectivity index (χ3v) is 4.26. The van der Waals surface area contributed by atoms with Crippen LogP contribution in [-0.2, 0) is 9.59 Å². The van der Waals surface area contributed by atoms with E-state index >= 15 is 0 Å². The summed E-state index contributed by atoms with van der Waals surface area (Å²) in [6, 6.07) is 8.80. The average molecular weight is 331 g/mol. The number of hydrogen-bond acceptors (Lipinski definition) is 3. The maximum absolute atomic E-state index is 12.7. The molecule has 0 radical (unpaired) electrons. The molecule has 1 saturated heterocycles. The fourth-order valence-corrected chi connectivity index (χ4v) is 2.98. The molecule has 1 aliphatic heterocycles. The van der Waals surface area contributed by atoms with Gasteiger partial charge in [0.05, 0.1) is 0 Å². The number of hydrogen-bond donors (Lipinski definition) is 3. The molecule has 0 saturated carbocycles. The summed E-state index contributed by atoms with van der Waals surface area (Å²) in [5.74, 6) is 0.500. The Labute approximate surface area is 144 Å². The summed E-state index contributed by atoms with van der Waals surface area (Å²) >= 11 is 0. The summed E-state index contributed by atoms with van der Waals surface area (Å²) in [6.07, 6.45) is 2.69. The highest BCUT2D eigenvalue weighted by Crippen LogP contribution is 2.15. The van der Waals surface area contributed by atoms with Gasteiger partial charge in [0.1, 0.15) is 6.04 Å². The minimum absolute atomic E-state index is 0.0895. The van der Waals surface area contributed by atoms with E-state index in [1.54, 1.807) is 0 Å². The molecule has 0 aromatic heterocycles. The van der Waals surface area contributed by atoms with Crippen molar-refractivity contribution >= 4 is 11.8 Å². The van der Waals surface area contributed by atoms with E-state index in [4.69, 9.17) is 0 Å². The lowest BCUT2D eigenvalue weighted by atomic mass is 9.99. The van der Waals surface area contributed by atoms with E-state index < -0.39 is 6.04 Å². The number of rotatable bonds is 7. The maximum atomic E-state index is 12.7. The van der Waals surface area contributed by atoms with Crippen LogP contribution < -0.4 is 16.0 Å². The molecule has 2 unspecified atom stereocenters. The second-order valence-corrected chi connectivity index (χ2v) is 6.97. The summed E-state index contributed by atoms with van der Waals surface area (Å²) in [4.78, 5) is 24.8. The van der Waals surface area contributed by atoms with Gasteiger partial charge in [-0.2, -0.15) is 0 Å². The predicted molar refractivity (Wildman–Crippen MR) is 95.4 cm³/mol. The first-order chi connectivity index (χ1) is 11.6. The molecular weight excluding hydrogens is 302 g/mol. The van der Waals surface area contributed by atoms with Crippen molar-refractivity contribution in [2.24, 2.45) is 11.8 Å². The number of carbonyl (C=O) groups excluding carboxylic acids is 2. The lowest BCUT2D eigenvalue weighted by Crippen LogP contribution is -2.44. The van der Waals surface area contributed by atoms with E-state index in [-0.39, 0.29) is 17.7 Å². The Morgan fingerprint density at radius 2 is 2.00 bits per heavy atom. The highest BCUT2D eigenvalue weighted by Gasteiger charge is 2.24. The zero-order valence-electron chi connectivity index (χ0n) is 14.7. The van der Waals surface area contributed by atoms with Gasteiger partial charge in [-0.05, 0) is 43.3 Å². The van der Waals surface area contributed by atoms with Crippen molar-refractivity contribution in [1.82, 2.24) is 16.0 Å². The molecule has 132 valence electrons. The van der Waals surface area contributed by atoms with Crippen LogP contribution >= 0.6 is 0 Å². The molecule has 0 bridgehead atoms. The number of carbonyl (C=O) groups is 2. The summed E-state index contributed by atoms with van der Waals surface area (Å²) in [5, 5.41) is 9.25. The van der Waals surface area contributed by atoms with Gasteiger partial charge < -0.3 is 16.0 Å². The second kappa shape index (κ2) is 9.42. The van der Waals surface area contributed by atoms with Gasteiger partial charge in [0, 0.05) is 13.0 Å². The summed E-state index contributed by atoms with van der Waals surface area (Å²) < 4.78 is 0. The number of amides is 2. The molecule has 2 amide bonds. The van der Waals surface area contributed by atoms with Gasteiger partial charge in [-0.15, -0.1) is 0 Å². The van der Waals surface area contributed by atoms with Gasteiger partial charge in [-0.3, -0.25) is 9.59 Å². The first kappa shape index (κ1) is 18.5. The van der Waals surface area contributed by atoms with Gasteiger partial charge in [-0.1, -0.05) is 44.2 Å². The van der Waals surface area contributed by atoms with E-state index in [9.17, 15) is 9.59 Å². The lowest BCUT2D eigenvalue weighted by Gasteiger charge is -2.25. The Balaban J connectivity index is 1.98. The Bertz CT molecular complexity index is 525.